The number of thiazole rings is 1. The Kier molecular flexibility index (Phi) is 5.57. The van der Waals surface area contributed by atoms with E-state index in [-0.39, 0.29) is 24.3 Å². The summed E-state index contributed by atoms with van der Waals surface area (Å²) in [4.78, 5) is 31.1. The van der Waals surface area contributed by atoms with E-state index in [1.54, 1.807) is 12.0 Å². The van der Waals surface area contributed by atoms with Gasteiger partial charge in [0.15, 0.2) is 0 Å². The third-order valence-electron chi connectivity index (χ3n) is 4.79. The van der Waals surface area contributed by atoms with Crippen molar-refractivity contribution >= 4 is 28.8 Å². The second kappa shape index (κ2) is 8.45. The third kappa shape index (κ3) is 4.46. The molecule has 1 aliphatic heterocycles. The van der Waals surface area contributed by atoms with E-state index in [0.29, 0.717) is 13.0 Å². The summed E-state index contributed by atoms with van der Waals surface area (Å²) in [5, 5.41) is 5.77. The first-order valence-electron chi connectivity index (χ1n) is 9.36. The SMILES string of the molecule is COc1ccc(N2C[C@@H](NC(=O)Cc3csc(-c4ccccc4)n3)CC2=O)cc1. The number of benzene rings is 2. The highest BCUT2D eigenvalue weighted by Gasteiger charge is 2.31. The first kappa shape index (κ1) is 19.1. The molecule has 0 saturated carbocycles. The number of nitrogens with zero attached hydrogens (tertiary/aromatic N) is 2. The van der Waals surface area contributed by atoms with Crippen LogP contribution in [-0.2, 0) is 16.0 Å². The monoisotopic (exact) mass is 407 g/mol. The van der Waals surface area contributed by atoms with Crippen LogP contribution in [0.1, 0.15) is 12.1 Å². The molecule has 0 radical (unpaired) electrons. The largest absolute Gasteiger partial charge is 0.497 e. The molecular weight excluding hydrogens is 386 g/mol. The topological polar surface area (TPSA) is 71.5 Å². The zero-order chi connectivity index (χ0) is 20.2. The molecule has 4 rings (SSSR count). The quantitative estimate of drug-likeness (QED) is 0.681. The van der Waals surface area contributed by atoms with Gasteiger partial charge in [-0.2, -0.15) is 0 Å². The standard InChI is InChI=1S/C22H21N3O3S/c1-28-19-9-7-18(8-10-19)25-13-16(12-21(25)27)23-20(26)11-17-14-29-22(24-17)15-5-3-2-4-6-15/h2-10,14,16H,11-13H2,1H3,(H,23,26)/t16-/m0/s1. The molecule has 148 valence electrons. The van der Waals surface area contributed by atoms with Crippen molar-refractivity contribution in [2.45, 2.75) is 18.9 Å². The number of rotatable bonds is 6. The van der Waals surface area contributed by atoms with Gasteiger partial charge in [0, 0.05) is 29.6 Å². The molecule has 2 aromatic carbocycles. The number of amides is 2. The van der Waals surface area contributed by atoms with Gasteiger partial charge in [0.2, 0.25) is 11.8 Å². The number of aromatic nitrogens is 1. The highest BCUT2D eigenvalue weighted by molar-refractivity contribution is 7.13. The first-order chi connectivity index (χ1) is 14.1. The maximum absolute atomic E-state index is 12.5. The van der Waals surface area contributed by atoms with Crippen molar-refractivity contribution in [3.8, 4) is 16.3 Å². The molecule has 3 aromatic rings. The fraction of sp³-hybridized carbons (Fsp3) is 0.227. The molecule has 29 heavy (non-hydrogen) atoms. The lowest BCUT2D eigenvalue weighted by Gasteiger charge is -2.17. The second-order valence-corrected chi connectivity index (χ2v) is 7.72. The number of nitrogens with one attached hydrogen (secondary N) is 1. The van der Waals surface area contributed by atoms with Gasteiger partial charge in [-0.3, -0.25) is 9.59 Å². The minimum absolute atomic E-state index is 0.000453. The van der Waals surface area contributed by atoms with Crippen molar-refractivity contribution in [1.82, 2.24) is 10.3 Å². The summed E-state index contributed by atoms with van der Waals surface area (Å²) >= 11 is 1.52. The van der Waals surface area contributed by atoms with Crippen LogP contribution in [0.2, 0.25) is 0 Å². The van der Waals surface area contributed by atoms with E-state index in [9.17, 15) is 9.59 Å². The van der Waals surface area contributed by atoms with Crippen molar-refractivity contribution in [3.05, 3.63) is 65.7 Å². The molecule has 1 aromatic heterocycles. The maximum Gasteiger partial charge on any atom is 0.229 e. The van der Waals surface area contributed by atoms with Gasteiger partial charge >= 0.3 is 0 Å². The Labute approximate surface area is 173 Å². The summed E-state index contributed by atoms with van der Waals surface area (Å²) in [6.07, 6.45) is 0.501. The predicted molar refractivity (Wildman–Crippen MR) is 113 cm³/mol. The molecule has 0 unspecified atom stereocenters. The third-order valence-corrected chi connectivity index (χ3v) is 5.73. The molecule has 1 fully saturated rings. The summed E-state index contributed by atoms with van der Waals surface area (Å²) in [6.45, 7) is 0.462. The normalized spacial score (nSPS) is 16.1. The zero-order valence-electron chi connectivity index (χ0n) is 16.0. The fourth-order valence-electron chi connectivity index (χ4n) is 3.36. The Morgan fingerprint density at radius 3 is 2.69 bits per heavy atom. The van der Waals surface area contributed by atoms with Crippen molar-refractivity contribution in [2.75, 3.05) is 18.6 Å². The number of methoxy groups -OCH3 is 1. The van der Waals surface area contributed by atoms with Crippen LogP contribution in [0, 0.1) is 0 Å². The van der Waals surface area contributed by atoms with E-state index in [0.717, 1.165) is 27.7 Å². The van der Waals surface area contributed by atoms with Crippen molar-refractivity contribution in [3.63, 3.8) is 0 Å². The van der Waals surface area contributed by atoms with Gasteiger partial charge in [0.1, 0.15) is 10.8 Å². The number of hydrogen-bond acceptors (Lipinski definition) is 5. The Balaban J connectivity index is 1.34. The Bertz CT molecular complexity index is 1000. The Morgan fingerprint density at radius 1 is 1.21 bits per heavy atom. The van der Waals surface area contributed by atoms with Crippen molar-refractivity contribution < 1.29 is 14.3 Å². The fourth-order valence-corrected chi connectivity index (χ4v) is 4.19. The van der Waals surface area contributed by atoms with Gasteiger partial charge in [-0.05, 0) is 24.3 Å². The molecule has 1 saturated heterocycles. The lowest BCUT2D eigenvalue weighted by molar-refractivity contribution is -0.121. The van der Waals surface area contributed by atoms with Gasteiger partial charge in [0.25, 0.3) is 0 Å². The summed E-state index contributed by atoms with van der Waals surface area (Å²) < 4.78 is 5.15. The van der Waals surface area contributed by atoms with E-state index < -0.39 is 0 Å². The molecule has 1 aliphatic rings. The Morgan fingerprint density at radius 2 is 1.97 bits per heavy atom. The highest BCUT2D eigenvalue weighted by Crippen LogP contribution is 2.25. The molecule has 0 aliphatic carbocycles. The summed E-state index contributed by atoms with van der Waals surface area (Å²) in [7, 11) is 1.60. The minimum Gasteiger partial charge on any atom is -0.497 e. The van der Waals surface area contributed by atoms with Gasteiger partial charge in [-0.25, -0.2) is 4.98 Å². The van der Waals surface area contributed by atoms with Crippen LogP contribution >= 0.6 is 11.3 Å². The second-order valence-electron chi connectivity index (χ2n) is 6.86. The number of anilines is 1. The van der Waals surface area contributed by atoms with E-state index in [2.05, 4.69) is 10.3 Å². The highest BCUT2D eigenvalue weighted by atomic mass is 32.1. The van der Waals surface area contributed by atoms with Gasteiger partial charge in [0.05, 0.1) is 25.3 Å². The van der Waals surface area contributed by atoms with Crippen LogP contribution < -0.4 is 15.0 Å². The molecule has 1 atom stereocenters. The molecule has 6 nitrogen and oxygen atoms in total. The number of carbonyl (C=O) groups is 2. The van der Waals surface area contributed by atoms with Crippen LogP contribution in [0.3, 0.4) is 0 Å². The van der Waals surface area contributed by atoms with Gasteiger partial charge in [-0.15, -0.1) is 11.3 Å². The average molecular weight is 407 g/mol. The lowest BCUT2D eigenvalue weighted by Crippen LogP contribution is -2.38. The van der Waals surface area contributed by atoms with Crippen LogP contribution in [0.15, 0.2) is 60.0 Å². The van der Waals surface area contributed by atoms with Gasteiger partial charge in [-0.1, -0.05) is 30.3 Å². The molecule has 1 N–H and O–H groups in total. The maximum atomic E-state index is 12.5. The van der Waals surface area contributed by atoms with Crippen molar-refractivity contribution in [2.24, 2.45) is 0 Å². The number of carbonyl (C=O) groups excluding carboxylic acids is 2. The number of hydrogen-bond donors (Lipinski definition) is 1. The average Bonchev–Trinajstić information content (AvgIpc) is 3.35. The smallest absolute Gasteiger partial charge is 0.229 e. The summed E-state index contributed by atoms with van der Waals surface area (Å²) in [5.41, 5.74) is 2.59. The van der Waals surface area contributed by atoms with Crippen molar-refractivity contribution in [1.29, 1.82) is 0 Å². The zero-order valence-corrected chi connectivity index (χ0v) is 16.8. The first-order valence-corrected chi connectivity index (χ1v) is 10.2. The Hall–Kier alpha value is -3.19. The van der Waals surface area contributed by atoms with E-state index in [4.69, 9.17) is 4.74 Å². The predicted octanol–water partition coefficient (Wildman–Crippen LogP) is 3.28. The summed E-state index contributed by atoms with van der Waals surface area (Å²) in [5.74, 6) is 0.619. The van der Waals surface area contributed by atoms with Crippen LogP contribution in [0.25, 0.3) is 10.6 Å². The van der Waals surface area contributed by atoms with Crippen LogP contribution in [0.4, 0.5) is 5.69 Å². The minimum atomic E-state index is -0.204. The summed E-state index contributed by atoms with van der Waals surface area (Å²) in [6, 6.07) is 17.0. The van der Waals surface area contributed by atoms with Gasteiger partial charge < -0.3 is 15.0 Å². The van der Waals surface area contributed by atoms with Crippen LogP contribution in [0.5, 0.6) is 5.75 Å². The van der Waals surface area contributed by atoms with E-state index in [1.807, 2.05) is 60.0 Å². The van der Waals surface area contributed by atoms with E-state index >= 15 is 0 Å². The lowest BCUT2D eigenvalue weighted by atomic mass is 10.2. The van der Waals surface area contributed by atoms with Crippen LogP contribution in [-0.4, -0.2) is 36.5 Å². The molecule has 0 bridgehead atoms. The molecule has 2 amide bonds. The molecular formula is C22H21N3O3S. The molecule has 7 heteroatoms. The molecule has 0 spiro atoms. The van der Waals surface area contributed by atoms with E-state index in [1.165, 1.54) is 11.3 Å². The molecule has 2 heterocycles. The number of ether oxygens (including phenoxy) is 1.